The molecule has 1 aliphatic rings. The Hall–Kier alpha value is -3.10. The van der Waals surface area contributed by atoms with E-state index in [9.17, 15) is 27.2 Å². The predicted molar refractivity (Wildman–Crippen MR) is 94.3 cm³/mol. The van der Waals surface area contributed by atoms with Crippen LogP contribution in [0.25, 0.3) is 0 Å². The van der Waals surface area contributed by atoms with Crippen LogP contribution in [0.2, 0.25) is 0 Å². The van der Waals surface area contributed by atoms with Crippen molar-refractivity contribution in [3.05, 3.63) is 65.5 Å². The summed E-state index contributed by atoms with van der Waals surface area (Å²) in [5.74, 6) is -0.703. The molecule has 3 amide bonds. The quantitative estimate of drug-likeness (QED) is 0.786. The molecule has 2 aromatic carbocycles. The maximum Gasteiger partial charge on any atom is 0.416 e. The molecule has 1 fully saturated rings. The van der Waals surface area contributed by atoms with Gasteiger partial charge in [0, 0.05) is 37.4 Å². The monoisotopic (exact) mass is 395 g/mol. The van der Waals surface area contributed by atoms with Gasteiger partial charge < -0.3 is 15.1 Å². The van der Waals surface area contributed by atoms with Crippen LogP contribution < -0.4 is 5.32 Å². The Morgan fingerprint density at radius 3 is 2.11 bits per heavy atom. The third kappa shape index (κ3) is 4.59. The van der Waals surface area contributed by atoms with Gasteiger partial charge in [-0.05, 0) is 42.5 Å². The van der Waals surface area contributed by atoms with Gasteiger partial charge >= 0.3 is 12.2 Å². The Balaban J connectivity index is 1.57. The lowest BCUT2D eigenvalue weighted by atomic mass is 10.2. The molecule has 0 aromatic heterocycles. The Morgan fingerprint density at radius 1 is 0.893 bits per heavy atom. The zero-order valence-corrected chi connectivity index (χ0v) is 14.7. The molecule has 0 unspecified atom stereocenters. The van der Waals surface area contributed by atoms with Gasteiger partial charge in [-0.15, -0.1) is 0 Å². The van der Waals surface area contributed by atoms with Crippen molar-refractivity contribution in [1.82, 2.24) is 9.80 Å². The molecule has 0 spiro atoms. The minimum atomic E-state index is -4.49. The fraction of sp³-hybridized carbons (Fsp3) is 0.263. The van der Waals surface area contributed by atoms with Crippen molar-refractivity contribution in [2.45, 2.75) is 6.18 Å². The van der Waals surface area contributed by atoms with Gasteiger partial charge in [-0.2, -0.15) is 13.2 Å². The summed E-state index contributed by atoms with van der Waals surface area (Å²) in [6, 6.07) is 9.04. The first-order chi connectivity index (χ1) is 13.2. The maximum absolute atomic E-state index is 13.0. The summed E-state index contributed by atoms with van der Waals surface area (Å²) >= 11 is 0. The summed E-state index contributed by atoms with van der Waals surface area (Å²) in [5.41, 5.74) is -0.451. The van der Waals surface area contributed by atoms with Gasteiger partial charge in [0.2, 0.25) is 0 Å². The summed E-state index contributed by atoms with van der Waals surface area (Å²) in [7, 11) is 0. The molecule has 9 heteroatoms. The van der Waals surface area contributed by atoms with E-state index in [1.54, 1.807) is 4.90 Å². The third-order valence-corrected chi connectivity index (χ3v) is 4.39. The predicted octanol–water partition coefficient (Wildman–Crippen LogP) is 3.83. The van der Waals surface area contributed by atoms with Crippen LogP contribution in [0.4, 0.5) is 28.0 Å². The zero-order chi connectivity index (χ0) is 20.3. The standard InChI is InChI=1S/C19H17F4N3O2/c20-15-6-4-13(5-7-15)17(27)25-8-10-26(11-9-25)18(28)24-16-3-1-2-14(12-16)19(21,22)23/h1-7,12H,8-11H2,(H,24,28). The highest BCUT2D eigenvalue weighted by Crippen LogP contribution is 2.30. The van der Waals surface area contributed by atoms with Gasteiger partial charge in [0.1, 0.15) is 5.82 Å². The number of rotatable bonds is 2. The molecular formula is C19H17F4N3O2. The number of alkyl halides is 3. The first-order valence-electron chi connectivity index (χ1n) is 8.52. The van der Waals surface area contributed by atoms with Crippen LogP contribution in [0.15, 0.2) is 48.5 Å². The number of nitrogens with one attached hydrogen (secondary N) is 1. The van der Waals surface area contributed by atoms with Crippen molar-refractivity contribution in [2.24, 2.45) is 0 Å². The number of carbonyl (C=O) groups excluding carboxylic acids is 2. The lowest BCUT2D eigenvalue weighted by molar-refractivity contribution is -0.137. The van der Waals surface area contributed by atoms with E-state index in [-0.39, 0.29) is 37.8 Å². The number of hydrogen-bond acceptors (Lipinski definition) is 2. The van der Waals surface area contributed by atoms with Crippen molar-refractivity contribution < 1.29 is 27.2 Å². The van der Waals surface area contributed by atoms with E-state index in [4.69, 9.17) is 0 Å². The van der Waals surface area contributed by atoms with Crippen LogP contribution in [-0.4, -0.2) is 47.9 Å². The van der Waals surface area contributed by atoms with Crippen LogP contribution in [-0.2, 0) is 6.18 Å². The largest absolute Gasteiger partial charge is 0.416 e. The molecule has 0 aliphatic carbocycles. The summed E-state index contributed by atoms with van der Waals surface area (Å²) < 4.78 is 51.2. The van der Waals surface area contributed by atoms with E-state index < -0.39 is 23.6 Å². The van der Waals surface area contributed by atoms with Gasteiger partial charge in [0.15, 0.2) is 0 Å². The first kappa shape index (κ1) is 19.7. The number of piperazine rings is 1. The fourth-order valence-corrected chi connectivity index (χ4v) is 2.86. The van der Waals surface area contributed by atoms with Crippen molar-refractivity contribution in [2.75, 3.05) is 31.5 Å². The van der Waals surface area contributed by atoms with E-state index in [2.05, 4.69) is 5.32 Å². The first-order valence-corrected chi connectivity index (χ1v) is 8.52. The minimum absolute atomic E-state index is 0.0460. The second-order valence-electron chi connectivity index (χ2n) is 6.29. The van der Waals surface area contributed by atoms with Crippen molar-refractivity contribution in [3.8, 4) is 0 Å². The molecule has 1 aliphatic heterocycles. The highest BCUT2D eigenvalue weighted by atomic mass is 19.4. The normalized spacial score (nSPS) is 14.7. The molecule has 2 aromatic rings. The number of carbonyl (C=O) groups is 2. The van der Waals surface area contributed by atoms with Gasteiger partial charge in [0.05, 0.1) is 5.56 Å². The van der Waals surface area contributed by atoms with Crippen LogP contribution in [0.5, 0.6) is 0 Å². The topological polar surface area (TPSA) is 52.7 Å². The smallest absolute Gasteiger partial charge is 0.335 e. The highest BCUT2D eigenvalue weighted by Gasteiger charge is 2.31. The Kier molecular flexibility index (Phi) is 5.53. The number of anilines is 1. The van der Waals surface area contributed by atoms with E-state index >= 15 is 0 Å². The Labute approximate surface area is 158 Å². The number of amides is 3. The second kappa shape index (κ2) is 7.87. The molecule has 5 nitrogen and oxygen atoms in total. The zero-order valence-electron chi connectivity index (χ0n) is 14.7. The van der Waals surface area contributed by atoms with Crippen molar-refractivity contribution in [1.29, 1.82) is 0 Å². The third-order valence-electron chi connectivity index (χ3n) is 4.39. The summed E-state index contributed by atoms with van der Waals surface area (Å²) in [5, 5.41) is 2.45. The molecule has 0 saturated carbocycles. The lowest BCUT2D eigenvalue weighted by Gasteiger charge is -2.34. The summed E-state index contributed by atoms with van der Waals surface area (Å²) in [4.78, 5) is 27.7. The molecule has 1 N–H and O–H groups in total. The highest BCUT2D eigenvalue weighted by molar-refractivity contribution is 5.94. The maximum atomic E-state index is 13.0. The molecule has 1 heterocycles. The van der Waals surface area contributed by atoms with Crippen LogP contribution >= 0.6 is 0 Å². The summed E-state index contributed by atoms with van der Waals surface area (Å²) in [6.07, 6.45) is -4.49. The van der Waals surface area contributed by atoms with Gasteiger partial charge in [0.25, 0.3) is 5.91 Å². The van der Waals surface area contributed by atoms with Crippen molar-refractivity contribution >= 4 is 17.6 Å². The molecule has 0 radical (unpaired) electrons. The number of halogens is 4. The second-order valence-corrected chi connectivity index (χ2v) is 6.29. The van der Waals surface area contributed by atoms with Crippen molar-refractivity contribution in [3.63, 3.8) is 0 Å². The van der Waals surface area contributed by atoms with E-state index in [0.717, 1.165) is 12.1 Å². The van der Waals surface area contributed by atoms with E-state index in [0.29, 0.717) is 5.56 Å². The van der Waals surface area contributed by atoms with Crippen LogP contribution in [0.3, 0.4) is 0 Å². The van der Waals surface area contributed by atoms with E-state index in [1.807, 2.05) is 0 Å². The van der Waals surface area contributed by atoms with Gasteiger partial charge in [-0.3, -0.25) is 4.79 Å². The lowest BCUT2D eigenvalue weighted by Crippen LogP contribution is -2.51. The fourth-order valence-electron chi connectivity index (χ4n) is 2.86. The molecule has 0 bridgehead atoms. The molecular weight excluding hydrogens is 378 g/mol. The van der Waals surface area contributed by atoms with Gasteiger partial charge in [-0.1, -0.05) is 6.07 Å². The average molecular weight is 395 g/mol. The Bertz CT molecular complexity index is 860. The molecule has 0 atom stereocenters. The molecule has 3 rings (SSSR count). The van der Waals surface area contributed by atoms with Crippen LogP contribution in [0.1, 0.15) is 15.9 Å². The SMILES string of the molecule is O=C(Nc1cccc(C(F)(F)F)c1)N1CCN(C(=O)c2ccc(F)cc2)CC1. The number of nitrogens with zero attached hydrogens (tertiary/aromatic N) is 2. The van der Waals surface area contributed by atoms with E-state index in [1.165, 1.54) is 41.3 Å². The van der Waals surface area contributed by atoms with Gasteiger partial charge in [-0.25, -0.2) is 9.18 Å². The Morgan fingerprint density at radius 2 is 1.50 bits per heavy atom. The molecule has 28 heavy (non-hydrogen) atoms. The number of benzene rings is 2. The number of hydrogen-bond donors (Lipinski definition) is 1. The van der Waals surface area contributed by atoms with Crippen LogP contribution in [0, 0.1) is 5.82 Å². The average Bonchev–Trinajstić information content (AvgIpc) is 2.68. The number of urea groups is 1. The molecule has 148 valence electrons. The molecule has 1 saturated heterocycles. The summed E-state index contributed by atoms with van der Waals surface area (Å²) in [6.45, 7) is 1.01. The minimum Gasteiger partial charge on any atom is -0.335 e.